The zero-order valence-electron chi connectivity index (χ0n) is 18.7. The molecule has 3 aromatic heterocycles. The fourth-order valence-corrected chi connectivity index (χ4v) is 4.14. The van der Waals surface area contributed by atoms with Crippen LogP contribution in [0.25, 0.3) is 6.08 Å². The zero-order chi connectivity index (χ0) is 22.5. The molecular formula is C25H29N5O2. The number of aryl methyl sites for hydroxylation is 1. The molecule has 3 N–H and O–H groups in total. The van der Waals surface area contributed by atoms with Gasteiger partial charge < -0.3 is 14.7 Å². The first-order valence-electron chi connectivity index (χ1n) is 11.0. The molecule has 1 aliphatic rings. The summed E-state index contributed by atoms with van der Waals surface area (Å²) in [5.74, 6) is 0.671. The first-order chi connectivity index (χ1) is 15.5. The molecule has 0 unspecified atom stereocenters. The first-order valence-corrected chi connectivity index (χ1v) is 11.0. The molecule has 7 nitrogen and oxygen atoms in total. The maximum atomic E-state index is 12.5. The number of furan rings is 1. The minimum atomic E-state index is -0.222. The second-order valence-corrected chi connectivity index (χ2v) is 8.28. The molecule has 0 saturated carbocycles. The van der Waals surface area contributed by atoms with E-state index in [0.717, 1.165) is 37.3 Å². The summed E-state index contributed by atoms with van der Waals surface area (Å²) in [7, 11) is 0. The van der Waals surface area contributed by atoms with Gasteiger partial charge >= 0.3 is 0 Å². The highest BCUT2D eigenvalue weighted by atomic mass is 16.3. The Morgan fingerprint density at radius 3 is 2.75 bits per heavy atom. The molecule has 0 aromatic carbocycles. The van der Waals surface area contributed by atoms with Gasteiger partial charge in [-0.3, -0.25) is 9.78 Å². The molecule has 0 radical (unpaired) electrons. The monoisotopic (exact) mass is 431 g/mol. The third-order valence-corrected chi connectivity index (χ3v) is 5.64. The molecule has 0 aliphatic carbocycles. The summed E-state index contributed by atoms with van der Waals surface area (Å²) >= 11 is 0. The summed E-state index contributed by atoms with van der Waals surface area (Å²) in [5.41, 5.74) is 9.51. The fraction of sp³-hybridized carbons (Fsp3) is 0.320. The fourth-order valence-electron chi connectivity index (χ4n) is 4.14. The molecule has 3 aromatic rings. The molecule has 1 amide bonds. The smallest absolute Gasteiger partial charge is 0.273 e. The van der Waals surface area contributed by atoms with Crippen molar-refractivity contribution in [1.82, 2.24) is 20.7 Å². The number of nitrogens with one attached hydrogen (secondary N) is 3. The van der Waals surface area contributed by atoms with E-state index in [1.807, 2.05) is 30.6 Å². The van der Waals surface area contributed by atoms with Gasteiger partial charge in [-0.05, 0) is 79.3 Å². The summed E-state index contributed by atoms with van der Waals surface area (Å²) in [5, 5.41) is 7.67. The summed E-state index contributed by atoms with van der Waals surface area (Å²) in [4.78, 5) is 20.0. The molecule has 0 atom stereocenters. The molecular weight excluding hydrogens is 402 g/mol. The van der Waals surface area contributed by atoms with E-state index in [2.05, 4.69) is 46.6 Å². The Balaban J connectivity index is 1.49. The Hall–Kier alpha value is -3.45. The van der Waals surface area contributed by atoms with Crippen molar-refractivity contribution in [3.63, 3.8) is 0 Å². The van der Waals surface area contributed by atoms with E-state index < -0.39 is 0 Å². The van der Waals surface area contributed by atoms with Gasteiger partial charge in [0.05, 0.1) is 11.8 Å². The van der Waals surface area contributed by atoms with Gasteiger partial charge in [0, 0.05) is 30.3 Å². The Kier molecular flexibility index (Phi) is 6.66. The molecule has 7 heteroatoms. The number of aromatic nitrogens is 2. The zero-order valence-corrected chi connectivity index (χ0v) is 18.7. The average Bonchev–Trinajstić information content (AvgIpc) is 3.49. The van der Waals surface area contributed by atoms with Gasteiger partial charge in [0.2, 0.25) is 0 Å². The van der Waals surface area contributed by atoms with Crippen molar-refractivity contribution < 1.29 is 9.21 Å². The molecule has 0 fully saturated rings. The highest BCUT2D eigenvalue weighted by Gasteiger charge is 2.27. The standard InChI is InChI=1S/C25H29N5O2/c1-16(2)23-19(6-4-10-27-15-18-8-11-26-12-9-18)17(3)28-21(23)14-20-24(29-30-25(20)31)22-7-5-13-32-22/h5,7-9,11-14,16,27-28H,4,6,10,15H2,1-3H3,(H,30,31)/b20-14+. The lowest BCUT2D eigenvalue weighted by atomic mass is 9.93. The van der Waals surface area contributed by atoms with Crippen molar-refractivity contribution in [2.45, 2.75) is 46.1 Å². The van der Waals surface area contributed by atoms with Crippen molar-refractivity contribution >= 4 is 17.7 Å². The summed E-state index contributed by atoms with van der Waals surface area (Å²) in [6.07, 6.45) is 9.11. The predicted octanol–water partition coefficient (Wildman–Crippen LogP) is 4.07. The van der Waals surface area contributed by atoms with Crippen LogP contribution in [0.1, 0.15) is 60.0 Å². The normalized spacial score (nSPS) is 14.9. The molecule has 166 valence electrons. The third-order valence-electron chi connectivity index (χ3n) is 5.64. The molecule has 0 bridgehead atoms. The third kappa shape index (κ3) is 4.73. The number of rotatable bonds is 9. The van der Waals surface area contributed by atoms with Crippen LogP contribution in [0.3, 0.4) is 0 Å². The van der Waals surface area contributed by atoms with Gasteiger partial charge in [-0.15, -0.1) is 0 Å². The Bertz CT molecular complexity index is 1120. The number of carbonyl (C=O) groups excluding carboxylic acids is 1. The molecule has 0 saturated heterocycles. The quantitative estimate of drug-likeness (QED) is 0.351. The molecule has 4 rings (SSSR count). The lowest BCUT2D eigenvalue weighted by Crippen LogP contribution is -2.15. The Labute approximate surface area is 188 Å². The second-order valence-electron chi connectivity index (χ2n) is 8.28. The predicted molar refractivity (Wildman–Crippen MR) is 125 cm³/mol. The number of H-pyrrole nitrogens is 1. The number of hydrogen-bond acceptors (Lipinski definition) is 5. The molecule has 4 heterocycles. The van der Waals surface area contributed by atoms with Crippen LogP contribution in [-0.2, 0) is 17.8 Å². The topological polar surface area (TPSA) is 95.3 Å². The van der Waals surface area contributed by atoms with Gasteiger partial charge in [-0.2, -0.15) is 5.10 Å². The Morgan fingerprint density at radius 1 is 1.22 bits per heavy atom. The van der Waals surface area contributed by atoms with E-state index in [9.17, 15) is 4.79 Å². The first kappa shape index (κ1) is 21.8. The van der Waals surface area contributed by atoms with Crippen LogP contribution in [0.5, 0.6) is 0 Å². The van der Waals surface area contributed by atoms with E-state index in [0.29, 0.717) is 23.0 Å². The van der Waals surface area contributed by atoms with E-state index in [1.165, 1.54) is 16.7 Å². The largest absolute Gasteiger partial charge is 0.463 e. The van der Waals surface area contributed by atoms with Crippen molar-refractivity contribution in [3.05, 3.63) is 82.3 Å². The summed E-state index contributed by atoms with van der Waals surface area (Å²) in [6, 6.07) is 7.65. The van der Waals surface area contributed by atoms with Crippen LogP contribution in [0.2, 0.25) is 0 Å². The van der Waals surface area contributed by atoms with Gasteiger partial charge in [0.25, 0.3) is 5.91 Å². The number of pyridine rings is 1. The van der Waals surface area contributed by atoms with Crippen molar-refractivity contribution in [1.29, 1.82) is 0 Å². The molecule has 0 spiro atoms. The maximum Gasteiger partial charge on any atom is 0.273 e. The van der Waals surface area contributed by atoms with Gasteiger partial charge in [-0.1, -0.05) is 13.8 Å². The van der Waals surface area contributed by atoms with Crippen molar-refractivity contribution in [3.8, 4) is 0 Å². The van der Waals surface area contributed by atoms with Crippen LogP contribution in [0, 0.1) is 6.92 Å². The average molecular weight is 432 g/mol. The minimum absolute atomic E-state index is 0.222. The van der Waals surface area contributed by atoms with Crippen LogP contribution in [0.15, 0.2) is 58.0 Å². The highest BCUT2D eigenvalue weighted by molar-refractivity contribution is 6.32. The van der Waals surface area contributed by atoms with E-state index in [-0.39, 0.29) is 5.91 Å². The van der Waals surface area contributed by atoms with Gasteiger partial charge in [-0.25, -0.2) is 5.43 Å². The number of aromatic amines is 1. The molecule has 32 heavy (non-hydrogen) atoms. The van der Waals surface area contributed by atoms with Crippen LogP contribution < -0.4 is 10.7 Å². The van der Waals surface area contributed by atoms with Gasteiger partial charge in [0.15, 0.2) is 5.76 Å². The van der Waals surface area contributed by atoms with Crippen LogP contribution in [0.4, 0.5) is 0 Å². The lowest BCUT2D eigenvalue weighted by molar-refractivity contribution is -0.116. The second kappa shape index (κ2) is 9.78. The lowest BCUT2D eigenvalue weighted by Gasteiger charge is -2.11. The van der Waals surface area contributed by atoms with E-state index >= 15 is 0 Å². The number of hydrogen-bond donors (Lipinski definition) is 3. The van der Waals surface area contributed by atoms with Crippen LogP contribution >= 0.6 is 0 Å². The van der Waals surface area contributed by atoms with E-state index in [1.54, 1.807) is 18.4 Å². The number of amides is 1. The maximum absolute atomic E-state index is 12.5. The SMILES string of the molecule is Cc1[nH]c(/C=C2/C(=O)NN=C2c2ccco2)c(C(C)C)c1CCCNCc1ccncc1. The van der Waals surface area contributed by atoms with Crippen molar-refractivity contribution in [2.75, 3.05) is 6.54 Å². The Morgan fingerprint density at radius 2 is 2.03 bits per heavy atom. The van der Waals surface area contributed by atoms with Crippen LogP contribution in [-0.4, -0.2) is 28.1 Å². The summed E-state index contributed by atoms with van der Waals surface area (Å²) in [6.45, 7) is 8.24. The number of carbonyl (C=O) groups is 1. The minimum Gasteiger partial charge on any atom is -0.463 e. The van der Waals surface area contributed by atoms with Gasteiger partial charge in [0.1, 0.15) is 5.71 Å². The van der Waals surface area contributed by atoms with Crippen molar-refractivity contribution in [2.24, 2.45) is 5.10 Å². The number of nitrogens with zero attached hydrogens (tertiary/aromatic N) is 2. The summed E-state index contributed by atoms with van der Waals surface area (Å²) < 4.78 is 5.46. The highest BCUT2D eigenvalue weighted by Crippen LogP contribution is 2.30. The molecule has 1 aliphatic heterocycles. The van der Waals surface area contributed by atoms with E-state index in [4.69, 9.17) is 4.42 Å². The number of hydrazone groups is 1.